The Hall–Kier alpha value is -1.14. The van der Waals surface area contributed by atoms with Crippen LogP contribution in [-0.4, -0.2) is 59.8 Å². The maximum absolute atomic E-state index is 13.6. The molecule has 3 aliphatic carbocycles. The van der Waals surface area contributed by atoms with Crippen molar-refractivity contribution in [3.05, 3.63) is 0 Å². The molecule has 6 heteroatoms. The summed E-state index contributed by atoms with van der Waals surface area (Å²) in [5.74, 6) is 0.0439. The van der Waals surface area contributed by atoms with Gasteiger partial charge >= 0.3 is 0 Å². The molecule has 0 aromatic carbocycles. The number of hydrogen-bond donors (Lipinski definition) is 2. The van der Waals surface area contributed by atoms with Crippen molar-refractivity contribution >= 4 is 11.8 Å². The Morgan fingerprint density at radius 2 is 1.42 bits per heavy atom. The molecule has 0 aromatic rings. The molecule has 0 heterocycles. The molecule has 3 fully saturated rings. The summed E-state index contributed by atoms with van der Waals surface area (Å²) in [6.07, 6.45) is 21.2. The van der Waals surface area contributed by atoms with Gasteiger partial charge in [-0.25, -0.2) is 0 Å². The highest BCUT2D eigenvalue weighted by Gasteiger charge is 2.49. The molecule has 7 unspecified atom stereocenters. The minimum Gasteiger partial charge on any atom is -0.392 e. The third kappa shape index (κ3) is 8.94. The summed E-state index contributed by atoms with van der Waals surface area (Å²) in [5, 5.41) is 14.7. The Bertz CT molecular complexity index is 701. The van der Waals surface area contributed by atoms with Crippen LogP contribution < -0.4 is 5.32 Å². The summed E-state index contributed by atoms with van der Waals surface area (Å²) in [6, 6.07) is 0.0756. The average Bonchev–Trinajstić information content (AvgIpc) is 2.92. The molecule has 3 rings (SSSR count). The predicted molar refractivity (Wildman–Crippen MR) is 154 cm³/mol. The van der Waals surface area contributed by atoms with Crippen LogP contribution in [0, 0.1) is 17.8 Å². The molecule has 7 atom stereocenters. The van der Waals surface area contributed by atoms with Gasteiger partial charge in [0.05, 0.1) is 24.2 Å². The second-order valence-electron chi connectivity index (χ2n) is 12.6. The van der Waals surface area contributed by atoms with E-state index in [1.807, 2.05) is 0 Å². The second-order valence-corrected chi connectivity index (χ2v) is 12.6. The van der Waals surface area contributed by atoms with Crippen LogP contribution in [0.25, 0.3) is 0 Å². The number of methoxy groups -OCH3 is 1. The number of aliphatic hydroxyl groups excluding tert-OH is 1. The standard InChI is InChI=1S/C32H58N2O4/c1-4-5-6-7-8-9-10-11-12-17-22-34(24(2)35)29-23-27(31(36)26-19-14-13-18-25(26)29)32(37)33-28-20-15-16-21-30(28)38-3/h25-31,36H,4-23H2,1-3H3,(H,33,37). The molecular weight excluding hydrogens is 476 g/mol. The molecule has 220 valence electrons. The first-order valence-electron chi connectivity index (χ1n) is 16.3. The summed E-state index contributed by atoms with van der Waals surface area (Å²) in [7, 11) is 1.73. The number of hydrogen-bond acceptors (Lipinski definition) is 4. The van der Waals surface area contributed by atoms with E-state index in [0.29, 0.717) is 12.3 Å². The SMILES string of the molecule is CCCCCCCCCCCCN(C(C)=O)C1CC(C(=O)NC2CCCCC2OC)C(O)C2CCCCC21. The molecule has 2 N–H and O–H groups in total. The lowest BCUT2D eigenvalue weighted by atomic mass is 9.62. The monoisotopic (exact) mass is 534 g/mol. The number of ether oxygens (including phenoxy) is 1. The van der Waals surface area contributed by atoms with E-state index in [2.05, 4.69) is 17.1 Å². The zero-order valence-corrected chi connectivity index (χ0v) is 24.8. The largest absolute Gasteiger partial charge is 0.392 e. The molecule has 0 bridgehead atoms. The van der Waals surface area contributed by atoms with Crippen LogP contribution in [0.2, 0.25) is 0 Å². The highest BCUT2D eigenvalue weighted by molar-refractivity contribution is 5.80. The molecule has 0 aliphatic heterocycles. The number of carbonyl (C=O) groups excluding carboxylic acids is 2. The van der Waals surface area contributed by atoms with Crippen molar-refractivity contribution < 1.29 is 19.4 Å². The number of unbranched alkanes of at least 4 members (excludes halogenated alkanes) is 9. The molecule has 2 amide bonds. The molecular formula is C32H58N2O4. The Kier molecular flexibility index (Phi) is 13.9. The summed E-state index contributed by atoms with van der Waals surface area (Å²) in [6.45, 7) is 4.73. The van der Waals surface area contributed by atoms with Crippen LogP contribution in [0.15, 0.2) is 0 Å². The maximum Gasteiger partial charge on any atom is 0.226 e. The number of nitrogens with one attached hydrogen (secondary N) is 1. The third-order valence-corrected chi connectivity index (χ3v) is 9.94. The minimum absolute atomic E-state index is 0.0199. The van der Waals surface area contributed by atoms with Gasteiger partial charge in [-0.3, -0.25) is 9.59 Å². The van der Waals surface area contributed by atoms with Crippen molar-refractivity contribution in [2.45, 2.75) is 160 Å². The number of aliphatic hydroxyl groups is 1. The van der Waals surface area contributed by atoms with Gasteiger partial charge in [0.25, 0.3) is 0 Å². The normalized spacial score (nSPS) is 31.4. The summed E-state index contributed by atoms with van der Waals surface area (Å²) in [5.41, 5.74) is 0. The molecule has 3 saturated carbocycles. The van der Waals surface area contributed by atoms with E-state index in [0.717, 1.165) is 70.8 Å². The second kappa shape index (κ2) is 16.8. The lowest BCUT2D eigenvalue weighted by Gasteiger charge is -2.50. The molecule has 6 nitrogen and oxygen atoms in total. The van der Waals surface area contributed by atoms with Crippen LogP contribution in [-0.2, 0) is 14.3 Å². The van der Waals surface area contributed by atoms with Crippen LogP contribution >= 0.6 is 0 Å². The highest BCUT2D eigenvalue weighted by Crippen LogP contribution is 2.45. The first kappa shape index (κ1) is 31.4. The zero-order valence-electron chi connectivity index (χ0n) is 24.8. The van der Waals surface area contributed by atoms with Crippen LogP contribution in [0.3, 0.4) is 0 Å². The van der Waals surface area contributed by atoms with Crippen LogP contribution in [0.5, 0.6) is 0 Å². The average molecular weight is 535 g/mol. The number of nitrogens with zero attached hydrogens (tertiary/aromatic N) is 1. The topological polar surface area (TPSA) is 78.9 Å². The number of fused-ring (bicyclic) bond motifs is 1. The van der Waals surface area contributed by atoms with Gasteiger partial charge in [-0.2, -0.15) is 0 Å². The summed E-state index contributed by atoms with van der Waals surface area (Å²) < 4.78 is 5.67. The highest BCUT2D eigenvalue weighted by atomic mass is 16.5. The molecule has 38 heavy (non-hydrogen) atoms. The number of rotatable bonds is 15. The van der Waals surface area contributed by atoms with E-state index in [1.54, 1.807) is 14.0 Å². The fourth-order valence-corrected chi connectivity index (χ4v) is 7.74. The van der Waals surface area contributed by atoms with Crippen molar-refractivity contribution in [2.24, 2.45) is 17.8 Å². The smallest absolute Gasteiger partial charge is 0.226 e. The van der Waals surface area contributed by atoms with Gasteiger partial charge in [-0.15, -0.1) is 0 Å². The number of amides is 2. The van der Waals surface area contributed by atoms with E-state index in [4.69, 9.17) is 4.74 Å². The fraction of sp³-hybridized carbons (Fsp3) is 0.938. The Balaban J connectivity index is 1.56. The van der Waals surface area contributed by atoms with Crippen LogP contribution in [0.4, 0.5) is 0 Å². The Labute approximate surface area is 233 Å². The molecule has 0 aromatic heterocycles. The van der Waals surface area contributed by atoms with Crippen molar-refractivity contribution in [3.63, 3.8) is 0 Å². The van der Waals surface area contributed by atoms with Gasteiger partial charge < -0.3 is 20.1 Å². The van der Waals surface area contributed by atoms with Gasteiger partial charge in [0.2, 0.25) is 11.8 Å². The van der Waals surface area contributed by atoms with Crippen molar-refractivity contribution in [1.29, 1.82) is 0 Å². The first-order chi connectivity index (χ1) is 18.5. The van der Waals surface area contributed by atoms with Gasteiger partial charge in [0, 0.05) is 26.6 Å². The Morgan fingerprint density at radius 3 is 2.05 bits per heavy atom. The molecule has 0 saturated heterocycles. The van der Waals surface area contributed by atoms with Crippen molar-refractivity contribution in [2.75, 3.05) is 13.7 Å². The lowest BCUT2D eigenvalue weighted by Crippen LogP contribution is -2.59. The zero-order chi connectivity index (χ0) is 27.3. The molecule has 0 spiro atoms. The van der Waals surface area contributed by atoms with Gasteiger partial charge in [0.15, 0.2) is 0 Å². The molecule has 0 radical (unpaired) electrons. The quantitative estimate of drug-likeness (QED) is 0.239. The lowest BCUT2D eigenvalue weighted by molar-refractivity contribution is -0.149. The summed E-state index contributed by atoms with van der Waals surface area (Å²) in [4.78, 5) is 28.6. The number of carbonyl (C=O) groups is 2. The van der Waals surface area contributed by atoms with Crippen molar-refractivity contribution in [3.8, 4) is 0 Å². The Morgan fingerprint density at radius 1 is 0.842 bits per heavy atom. The van der Waals surface area contributed by atoms with Gasteiger partial charge in [-0.05, 0) is 50.4 Å². The minimum atomic E-state index is -0.618. The van der Waals surface area contributed by atoms with Gasteiger partial charge in [-0.1, -0.05) is 90.4 Å². The van der Waals surface area contributed by atoms with E-state index in [-0.39, 0.29) is 35.9 Å². The van der Waals surface area contributed by atoms with Crippen LogP contribution in [0.1, 0.15) is 136 Å². The first-order valence-corrected chi connectivity index (χ1v) is 16.3. The van der Waals surface area contributed by atoms with E-state index in [1.165, 1.54) is 51.4 Å². The maximum atomic E-state index is 13.6. The van der Waals surface area contributed by atoms with E-state index >= 15 is 0 Å². The van der Waals surface area contributed by atoms with Gasteiger partial charge in [0.1, 0.15) is 0 Å². The predicted octanol–water partition coefficient (Wildman–Crippen LogP) is 6.39. The molecule has 3 aliphatic rings. The third-order valence-electron chi connectivity index (χ3n) is 9.94. The van der Waals surface area contributed by atoms with E-state index < -0.39 is 12.0 Å². The summed E-state index contributed by atoms with van der Waals surface area (Å²) >= 11 is 0. The van der Waals surface area contributed by atoms with Crippen molar-refractivity contribution in [1.82, 2.24) is 10.2 Å². The van der Waals surface area contributed by atoms with E-state index in [9.17, 15) is 14.7 Å². The fourth-order valence-electron chi connectivity index (χ4n) is 7.74.